The lowest BCUT2D eigenvalue weighted by molar-refractivity contribution is 0.449. The first-order valence-corrected chi connectivity index (χ1v) is 8.60. The molecule has 1 atom stereocenters. The molecule has 1 heterocycles. The maximum Gasteiger partial charge on any atom is 0.191 e. The number of hydrogen-bond donors (Lipinski definition) is 2. The Kier molecular flexibility index (Phi) is 8.63. The average Bonchev–Trinajstić information content (AvgIpc) is 2.78. The maximum absolute atomic E-state index is 4.70. The second-order valence-corrected chi connectivity index (χ2v) is 6.07. The number of aryl methyl sites for hydroxylation is 2. The number of hydrogen-bond acceptors (Lipinski definition) is 2. The van der Waals surface area contributed by atoms with Gasteiger partial charge in [0.05, 0.1) is 5.69 Å². The Morgan fingerprint density at radius 3 is 2.64 bits per heavy atom. The lowest BCUT2D eigenvalue weighted by Gasteiger charge is -2.14. The predicted octanol–water partition coefficient (Wildman–Crippen LogP) is 2.88. The number of nitrogens with one attached hydrogen (secondary N) is 2. The van der Waals surface area contributed by atoms with Crippen LogP contribution < -0.4 is 10.6 Å². The van der Waals surface area contributed by atoms with E-state index in [0.717, 1.165) is 37.8 Å². The van der Waals surface area contributed by atoms with Gasteiger partial charge in [0, 0.05) is 31.9 Å². The highest BCUT2D eigenvalue weighted by Crippen LogP contribution is 2.06. The molecule has 0 amide bonds. The zero-order valence-corrected chi connectivity index (χ0v) is 14.9. The average molecular weight is 307 g/mol. The van der Waals surface area contributed by atoms with Crippen LogP contribution >= 0.6 is 0 Å². The Labute approximate surface area is 135 Å². The van der Waals surface area contributed by atoms with E-state index in [2.05, 4.69) is 54.2 Å². The molecule has 5 nitrogen and oxygen atoms in total. The molecule has 1 aromatic rings. The van der Waals surface area contributed by atoms with Gasteiger partial charge in [0.25, 0.3) is 0 Å². The van der Waals surface area contributed by atoms with Gasteiger partial charge in [0.2, 0.25) is 0 Å². The molecule has 0 saturated carbocycles. The predicted molar refractivity (Wildman–Crippen MR) is 94.4 cm³/mol. The summed E-state index contributed by atoms with van der Waals surface area (Å²) in [5.41, 5.74) is 2.30. The Morgan fingerprint density at radius 1 is 1.27 bits per heavy atom. The lowest BCUT2D eigenvalue weighted by atomic mass is 10.2. The van der Waals surface area contributed by atoms with Gasteiger partial charge >= 0.3 is 0 Å². The number of unbranched alkanes of at least 4 members (excludes halogenated alkanes) is 2. The first kappa shape index (κ1) is 18.5. The minimum atomic E-state index is 0.462. The van der Waals surface area contributed by atoms with E-state index >= 15 is 0 Å². The van der Waals surface area contributed by atoms with Crippen molar-refractivity contribution in [2.75, 3.05) is 19.6 Å². The van der Waals surface area contributed by atoms with Gasteiger partial charge in [0.15, 0.2) is 5.96 Å². The molecule has 1 rings (SSSR count). The number of aromatic nitrogens is 2. The Morgan fingerprint density at radius 2 is 2.05 bits per heavy atom. The van der Waals surface area contributed by atoms with Crippen molar-refractivity contribution in [1.82, 2.24) is 20.4 Å². The normalized spacial score (nSPS) is 13.2. The van der Waals surface area contributed by atoms with Crippen LogP contribution in [0, 0.1) is 19.8 Å². The molecule has 0 bridgehead atoms. The first-order chi connectivity index (χ1) is 10.6. The SMILES string of the molecule is CCCCCNC(=NCC(C)Cn1nc(C)cc1C)NCC. The van der Waals surface area contributed by atoms with E-state index < -0.39 is 0 Å². The van der Waals surface area contributed by atoms with Gasteiger partial charge in [-0.25, -0.2) is 0 Å². The van der Waals surface area contributed by atoms with E-state index in [4.69, 9.17) is 4.99 Å². The van der Waals surface area contributed by atoms with Crippen molar-refractivity contribution in [2.24, 2.45) is 10.9 Å². The van der Waals surface area contributed by atoms with Crippen molar-refractivity contribution in [2.45, 2.75) is 60.4 Å². The molecule has 0 aliphatic rings. The fourth-order valence-corrected chi connectivity index (χ4v) is 2.38. The Balaban J connectivity index is 2.44. The summed E-state index contributed by atoms with van der Waals surface area (Å²) in [6, 6.07) is 2.12. The third-order valence-electron chi connectivity index (χ3n) is 3.57. The zero-order valence-electron chi connectivity index (χ0n) is 14.9. The van der Waals surface area contributed by atoms with E-state index in [1.807, 2.05) is 6.92 Å². The number of rotatable bonds is 9. The molecule has 1 aromatic heterocycles. The van der Waals surface area contributed by atoms with Crippen LogP contribution in [0.1, 0.15) is 51.4 Å². The molecule has 126 valence electrons. The molecule has 0 saturated heterocycles. The van der Waals surface area contributed by atoms with Gasteiger partial charge in [-0.2, -0.15) is 5.10 Å². The van der Waals surface area contributed by atoms with Crippen molar-refractivity contribution in [1.29, 1.82) is 0 Å². The maximum atomic E-state index is 4.70. The van der Waals surface area contributed by atoms with Crippen molar-refractivity contribution >= 4 is 5.96 Å². The molecule has 0 fully saturated rings. The van der Waals surface area contributed by atoms with Crippen LogP contribution in [-0.2, 0) is 6.54 Å². The summed E-state index contributed by atoms with van der Waals surface area (Å²) in [7, 11) is 0. The van der Waals surface area contributed by atoms with Crippen LogP contribution in [0.25, 0.3) is 0 Å². The lowest BCUT2D eigenvalue weighted by Crippen LogP contribution is -2.38. The van der Waals surface area contributed by atoms with Crippen LogP contribution in [0.5, 0.6) is 0 Å². The van der Waals surface area contributed by atoms with Crippen LogP contribution in [0.15, 0.2) is 11.1 Å². The van der Waals surface area contributed by atoms with E-state index in [1.54, 1.807) is 0 Å². The summed E-state index contributed by atoms with van der Waals surface area (Å²) >= 11 is 0. The van der Waals surface area contributed by atoms with E-state index in [1.165, 1.54) is 25.0 Å². The van der Waals surface area contributed by atoms with Crippen molar-refractivity contribution in [3.8, 4) is 0 Å². The smallest absolute Gasteiger partial charge is 0.191 e. The highest BCUT2D eigenvalue weighted by atomic mass is 15.3. The van der Waals surface area contributed by atoms with Crippen LogP contribution in [0.4, 0.5) is 0 Å². The van der Waals surface area contributed by atoms with Crippen LogP contribution in [0.3, 0.4) is 0 Å². The van der Waals surface area contributed by atoms with Gasteiger partial charge in [-0.1, -0.05) is 26.7 Å². The van der Waals surface area contributed by atoms with Gasteiger partial charge in [-0.05, 0) is 39.2 Å². The molecule has 1 unspecified atom stereocenters. The van der Waals surface area contributed by atoms with Crippen LogP contribution in [0.2, 0.25) is 0 Å². The summed E-state index contributed by atoms with van der Waals surface area (Å²) in [4.78, 5) is 4.70. The van der Waals surface area contributed by atoms with Gasteiger partial charge in [-0.3, -0.25) is 9.67 Å². The molecular weight excluding hydrogens is 274 g/mol. The highest BCUT2D eigenvalue weighted by Gasteiger charge is 2.07. The summed E-state index contributed by atoms with van der Waals surface area (Å²) in [6.07, 6.45) is 3.71. The minimum Gasteiger partial charge on any atom is -0.357 e. The van der Waals surface area contributed by atoms with Gasteiger partial charge in [-0.15, -0.1) is 0 Å². The summed E-state index contributed by atoms with van der Waals surface area (Å²) in [5, 5.41) is 11.2. The second kappa shape index (κ2) is 10.2. The largest absolute Gasteiger partial charge is 0.357 e. The van der Waals surface area contributed by atoms with Gasteiger partial charge < -0.3 is 10.6 Å². The van der Waals surface area contributed by atoms with Crippen molar-refractivity contribution < 1.29 is 0 Å². The molecule has 2 N–H and O–H groups in total. The molecule has 0 spiro atoms. The monoisotopic (exact) mass is 307 g/mol. The fraction of sp³-hybridized carbons (Fsp3) is 0.765. The van der Waals surface area contributed by atoms with Crippen molar-refractivity contribution in [3.63, 3.8) is 0 Å². The standard InChI is InChI=1S/C17H33N5/c1-6-8-9-10-19-17(18-7-2)20-12-14(3)13-22-16(5)11-15(4)21-22/h11,14H,6-10,12-13H2,1-5H3,(H2,18,19,20). The molecule has 0 radical (unpaired) electrons. The van der Waals surface area contributed by atoms with E-state index in [-0.39, 0.29) is 0 Å². The first-order valence-electron chi connectivity index (χ1n) is 8.60. The number of aliphatic imine (C=N–C) groups is 1. The van der Waals surface area contributed by atoms with Gasteiger partial charge in [0.1, 0.15) is 0 Å². The van der Waals surface area contributed by atoms with E-state index in [9.17, 15) is 0 Å². The summed E-state index contributed by atoms with van der Waals surface area (Å²) < 4.78 is 2.08. The number of nitrogens with zero attached hydrogens (tertiary/aromatic N) is 3. The topological polar surface area (TPSA) is 54.2 Å². The van der Waals surface area contributed by atoms with Crippen LogP contribution in [-0.4, -0.2) is 35.4 Å². The van der Waals surface area contributed by atoms with E-state index in [0.29, 0.717) is 5.92 Å². The Bertz CT molecular complexity index is 450. The third-order valence-corrected chi connectivity index (χ3v) is 3.57. The number of guanidine groups is 1. The molecular formula is C17H33N5. The second-order valence-electron chi connectivity index (χ2n) is 6.07. The minimum absolute atomic E-state index is 0.462. The Hall–Kier alpha value is -1.52. The quantitative estimate of drug-likeness (QED) is 0.419. The zero-order chi connectivity index (χ0) is 16.4. The molecule has 22 heavy (non-hydrogen) atoms. The summed E-state index contributed by atoms with van der Waals surface area (Å²) in [6.45, 7) is 14.3. The fourth-order valence-electron chi connectivity index (χ4n) is 2.38. The molecule has 5 heteroatoms. The summed E-state index contributed by atoms with van der Waals surface area (Å²) in [5.74, 6) is 1.39. The van der Waals surface area contributed by atoms with Crippen molar-refractivity contribution in [3.05, 3.63) is 17.5 Å². The molecule has 0 aromatic carbocycles. The highest BCUT2D eigenvalue weighted by molar-refractivity contribution is 5.79. The third kappa shape index (κ3) is 6.96. The molecule has 0 aliphatic heterocycles. The molecule has 0 aliphatic carbocycles.